The van der Waals surface area contributed by atoms with Crippen molar-refractivity contribution in [2.24, 2.45) is 9.98 Å². The average Bonchev–Trinajstić information content (AvgIpc) is 2.75. The molecule has 2 aliphatic rings. The fourth-order valence-electron chi connectivity index (χ4n) is 2.18. The molecule has 1 aromatic carbocycles. The number of rotatable bonds is 2. The molecule has 5 heteroatoms. The summed E-state index contributed by atoms with van der Waals surface area (Å²) in [5, 5.41) is 0. The zero-order chi connectivity index (χ0) is 13.2. The standard InChI is InChI=1S/C14H13N3O2/c1-2-19-14(18)13-16-9-11-8-15-7-10-5-3-4-6-12(10)17(11)13/h3-9,13H,2H2,1H3. The highest BCUT2D eigenvalue weighted by atomic mass is 16.5. The maximum absolute atomic E-state index is 12.0. The Bertz CT molecular complexity index is 604. The molecule has 0 amide bonds. The van der Waals surface area contributed by atoms with E-state index in [1.165, 1.54) is 0 Å². The second kappa shape index (κ2) is 4.68. The number of ether oxygens (including phenoxy) is 1. The molecule has 3 rings (SSSR count). The fraction of sp³-hybridized carbons (Fsp3) is 0.214. The predicted octanol–water partition coefficient (Wildman–Crippen LogP) is 1.74. The maximum Gasteiger partial charge on any atom is 0.352 e. The molecule has 19 heavy (non-hydrogen) atoms. The molecular formula is C14H13N3O2. The number of para-hydroxylation sites is 1. The SMILES string of the molecule is CCOC(=O)C1N=CC2=CN=Cc3ccccc3N21. The van der Waals surface area contributed by atoms with Crippen molar-refractivity contribution in [3.05, 3.63) is 41.7 Å². The number of hydrogen-bond donors (Lipinski definition) is 0. The van der Waals surface area contributed by atoms with Crippen molar-refractivity contribution < 1.29 is 9.53 Å². The molecule has 0 fully saturated rings. The van der Waals surface area contributed by atoms with Gasteiger partial charge in [0, 0.05) is 18.0 Å². The topological polar surface area (TPSA) is 54.3 Å². The van der Waals surface area contributed by atoms with Crippen LogP contribution in [0.1, 0.15) is 12.5 Å². The van der Waals surface area contributed by atoms with Crippen LogP contribution in [0.25, 0.3) is 0 Å². The molecule has 0 aromatic heterocycles. The number of carbonyl (C=O) groups excluding carboxylic acids is 1. The number of carbonyl (C=O) groups is 1. The number of esters is 1. The number of aliphatic imine (C=N–C) groups is 2. The molecule has 5 nitrogen and oxygen atoms in total. The first-order valence-electron chi connectivity index (χ1n) is 6.12. The van der Waals surface area contributed by atoms with E-state index in [4.69, 9.17) is 4.74 Å². The summed E-state index contributed by atoms with van der Waals surface area (Å²) in [6, 6.07) is 7.76. The van der Waals surface area contributed by atoms with E-state index in [1.807, 2.05) is 29.2 Å². The van der Waals surface area contributed by atoms with E-state index in [9.17, 15) is 4.79 Å². The Morgan fingerprint density at radius 3 is 3.05 bits per heavy atom. The Morgan fingerprint density at radius 1 is 1.37 bits per heavy atom. The minimum absolute atomic E-state index is 0.343. The molecule has 0 aliphatic carbocycles. The van der Waals surface area contributed by atoms with E-state index in [2.05, 4.69) is 9.98 Å². The Morgan fingerprint density at radius 2 is 2.21 bits per heavy atom. The highest BCUT2D eigenvalue weighted by Crippen LogP contribution is 2.30. The van der Waals surface area contributed by atoms with Gasteiger partial charge in [0.15, 0.2) is 0 Å². The first-order valence-corrected chi connectivity index (χ1v) is 6.12. The van der Waals surface area contributed by atoms with Crippen molar-refractivity contribution in [2.75, 3.05) is 11.5 Å². The Hall–Kier alpha value is -2.43. The molecule has 2 heterocycles. The molecular weight excluding hydrogens is 242 g/mol. The molecule has 1 aromatic rings. The van der Waals surface area contributed by atoms with Gasteiger partial charge in [0.2, 0.25) is 6.17 Å². The highest BCUT2D eigenvalue weighted by Gasteiger charge is 2.34. The third kappa shape index (κ3) is 1.93. The second-order valence-electron chi connectivity index (χ2n) is 4.16. The molecule has 0 radical (unpaired) electrons. The van der Waals surface area contributed by atoms with Gasteiger partial charge in [-0.05, 0) is 13.0 Å². The number of anilines is 1. The first kappa shape index (κ1) is 11.6. The third-order valence-corrected chi connectivity index (χ3v) is 2.98. The number of nitrogens with zero attached hydrogens (tertiary/aromatic N) is 3. The summed E-state index contributed by atoms with van der Waals surface area (Å²) in [6.07, 6.45) is 4.47. The lowest BCUT2D eigenvalue weighted by molar-refractivity contribution is -0.144. The lowest BCUT2D eigenvalue weighted by Crippen LogP contribution is -2.37. The van der Waals surface area contributed by atoms with Crippen molar-refractivity contribution >= 4 is 24.1 Å². The van der Waals surface area contributed by atoms with Gasteiger partial charge in [-0.1, -0.05) is 18.2 Å². The summed E-state index contributed by atoms with van der Waals surface area (Å²) >= 11 is 0. The molecule has 0 spiro atoms. The lowest BCUT2D eigenvalue weighted by Gasteiger charge is -2.25. The molecule has 1 atom stereocenters. The van der Waals surface area contributed by atoms with Gasteiger partial charge in [0.05, 0.1) is 24.2 Å². The van der Waals surface area contributed by atoms with Crippen LogP contribution in [-0.4, -0.2) is 31.2 Å². The molecule has 2 aliphatic heterocycles. The van der Waals surface area contributed by atoms with Crippen molar-refractivity contribution in [3.63, 3.8) is 0 Å². The minimum atomic E-state index is -0.658. The largest absolute Gasteiger partial charge is 0.463 e. The average molecular weight is 255 g/mol. The predicted molar refractivity (Wildman–Crippen MR) is 73.5 cm³/mol. The molecule has 1 unspecified atom stereocenters. The second-order valence-corrected chi connectivity index (χ2v) is 4.16. The van der Waals surface area contributed by atoms with E-state index in [1.54, 1.807) is 25.6 Å². The van der Waals surface area contributed by atoms with E-state index < -0.39 is 6.17 Å². The van der Waals surface area contributed by atoms with Crippen LogP contribution in [0.5, 0.6) is 0 Å². The van der Waals surface area contributed by atoms with Gasteiger partial charge >= 0.3 is 5.97 Å². The Balaban J connectivity index is 2.03. The summed E-state index contributed by atoms with van der Waals surface area (Å²) in [6.45, 7) is 2.13. The van der Waals surface area contributed by atoms with Crippen LogP contribution in [0.4, 0.5) is 5.69 Å². The van der Waals surface area contributed by atoms with Crippen LogP contribution >= 0.6 is 0 Å². The zero-order valence-electron chi connectivity index (χ0n) is 10.5. The first-order chi connectivity index (χ1) is 9.31. The van der Waals surface area contributed by atoms with Gasteiger partial charge in [-0.2, -0.15) is 0 Å². The van der Waals surface area contributed by atoms with Gasteiger partial charge in [0.25, 0.3) is 0 Å². The highest BCUT2D eigenvalue weighted by molar-refractivity contribution is 6.00. The normalized spacial score (nSPS) is 19.5. The quantitative estimate of drug-likeness (QED) is 0.756. The summed E-state index contributed by atoms with van der Waals surface area (Å²) in [7, 11) is 0. The maximum atomic E-state index is 12.0. The fourth-order valence-corrected chi connectivity index (χ4v) is 2.18. The Labute approximate surface area is 110 Å². The summed E-state index contributed by atoms with van der Waals surface area (Å²) in [5.74, 6) is -0.348. The van der Waals surface area contributed by atoms with Crippen molar-refractivity contribution in [1.29, 1.82) is 0 Å². The van der Waals surface area contributed by atoms with Crippen molar-refractivity contribution in [1.82, 2.24) is 0 Å². The minimum Gasteiger partial charge on any atom is -0.463 e. The van der Waals surface area contributed by atoms with E-state index in [0.717, 1.165) is 16.9 Å². The smallest absolute Gasteiger partial charge is 0.352 e. The summed E-state index contributed by atoms with van der Waals surface area (Å²) in [4.78, 5) is 22.3. The van der Waals surface area contributed by atoms with Crippen LogP contribution in [0.15, 0.2) is 46.1 Å². The van der Waals surface area contributed by atoms with E-state index in [-0.39, 0.29) is 5.97 Å². The number of fused-ring (bicyclic) bond motifs is 3. The molecule has 0 saturated carbocycles. The van der Waals surface area contributed by atoms with Gasteiger partial charge < -0.3 is 9.64 Å². The van der Waals surface area contributed by atoms with E-state index >= 15 is 0 Å². The third-order valence-electron chi connectivity index (χ3n) is 2.98. The van der Waals surface area contributed by atoms with Gasteiger partial charge in [-0.25, -0.2) is 4.79 Å². The molecule has 0 N–H and O–H groups in total. The van der Waals surface area contributed by atoms with Crippen LogP contribution in [-0.2, 0) is 9.53 Å². The van der Waals surface area contributed by atoms with Gasteiger partial charge in [-0.15, -0.1) is 0 Å². The monoisotopic (exact) mass is 255 g/mol. The number of allylic oxidation sites excluding steroid dienone is 1. The zero-order valence-corrected chi connectivity index (χ0v) is 10.5. The summed E-state index contributed by atoms with van der Waals surface area (Å²) < 4.78 is 5.07. The van der Waals surface area contributed by atoms with Crippen molar-refractivity contribution in [2.45, 2.75) is 13.1 Å². The van der Waals surface area contributed by atoms with Crippen LogP contribution in [0.2, 0.25) is 0 Å². The summed E-state index contributed by atoms with van der Waals surface area (Å²) in [5.41, 5.74) is 2.65. The number of hydrogen-bond acceptors (Lipinski definition) is 5. The van der Waals surface area contributed by atoms with Crippen LogP contribution in [0.3, 0.4) is 0 Å². The van der Waals surface area contributed by atoms with Crippen molar-refractivity contribution in [3.8, 4) is 0 Å². The van der Waals surface area contributed by atoms with Crippen LogP contribution in [0, 0.1) is 0 Å². The van der Waals surface area contributed by atoms with Gasteiger partial charge in [-0.3, -0.25) is 9.98 Å². The number of benzene rings is 1. The Kier molecular flexibility index (Phi) is 2.87. The molecule has 0 saturated heterocycles. The molecule has 0 bridgehead atoms. The van der Waals surface area contributed by atoms with E-state index in [0.29, 0.717) is 6.61 Å². The lowest BCUT2D eigenvalue weighted by atomic mass is 10.1. The van der Waals surface area contributed by atoms with Crippen LogP contribution < -0.4 is 4.90 Å². The molecule has 96 valence electrons. The van der Waals surface area contributed by atoms with Gasteiger partial charge in [0.1, 0.15) is 0 Å².